The van der Waals surface area contributed by atoms with Crippen molar-refractivity contribution in [1.29, 1.82) is 0 Å². The summed E-state index contributed by atoms with van der Waals surface area (Å²) in [6, 6.07) is 10.6. The molecule has 1 unspecified atom stereocenters. The second-order valence-corrected chi connectivity index (χ2v) is 6.88. The molecule has 0 saturated carbocycles. The van der Waals surface area contributed by atoms with Crippen LogP contribution in [0.2, 0.25) is 0 Å². The van der Waals surface area contributed by atoms with E-state index in [1.165, 1.54) is 17.0 Å². The molecule has 0 amide bonds. The van der Waals surface area contributed by atoms with Gasteiger partial charge in [0.25, 0.3) is 0 Å². The fourth-order valence-corrected chi connectivity index (χ4v) is 3.56. The number of aromatic nitrogens is 1. The smallest absolute Gasteiger partial charge is 0.120 e. The molecule has 1 aliphatic rings. The minimum Gasteiger partial charge on any atom is -0.497 e. The van der Waals surface area contributed by atoms with E-state index < -0.39 is 0 Å². The standard InChI is InChI=1S/C18H24N2O/c1-12-8-15-16(19)10-18(2,3)11-17(15)20(12)13-6-5-7-14(9-13)21-4/h5-9,16H,10-11,19H2,1-4H3. The summed E-state index contributed by atoms with van der Waals surface area (Å²) in [6.45, 7) is 6.75. The molecule has 112 valence electrons. The molecule has 1 atom stereocenters. The van der Waals surface area contributed by atoms with Crippen LogP contribution in [0.15, 0.2) is 30.3 Å². The van der Waals surface area contributed by atoms with Crippen LogP contribution in [-0.4, -0.2) is 11.7 Å². The van der Waals surface area contributed by atoms with Crippen LogP contribution in [0.4, 0.5) is 0 Å². The Labute approximate surface area is 126 Å². The van der Waals surface area contributed by atoms with Crippen molar-refractivity contribution in [2.24, 2.45) is 11.1 Å². The summed E-state index contributed by atoms with van der Waals surface area (Å²) in [5, 5.41) is 0. The van der Waals surface area contributed by atoms with Crippen molar-refractivity contribution in [3.63, 3.8) is 0 Å². The lowest BCUT2D eigenvalue weighted by atomic mass is 9.74. The number of ether oxygens (including phenoxy) is 1. The number of fused-ring (bicyclic) bond motifs is 1. The fraction of sp³-hybridized carbons (Fsp3) is 0.444. The summed E-state index contributed by atoms with van der Waals surface area (Å²) < 4.78 is 7.69. The summed E-state index contributed by atoms with van der Waals surface area (Å²) in [7, 11) is 1.70. The second kappa shape index (κ2) is 4.92. The average molecular weight is 284 g/mol. The van der Waals surface area contributed by atoms with E-state index in [-0.39, 0.29) is 11.5 Å². The zero-order chi connectivity index (χ0) is 15.2. The van der Waals surface area contributed by atoms with Crippen LogP contribution in [-0.2, 0) is 6.42 Å². The lowest BCUT2D eigenvalue weighted by Crippen LogP contribution is -2.30. The van der Waals surface area contributed by atoms with E-state index in [1.807, 2.05) is 12.1 Å². The van der Waals surface area contributed by atoms with Crippen LogP contribution >= 0.6 is 0 Å². The Bertz CT molecular complexity index is 670. The SMILES string of the molecule is COc1cccc(-n2c(C)cc3c2CC(C)(C)CC3N)c1. The molecule has 3 nitrogen and oxygen atoms in total. The van der Waals surface area contributed by atoms with Crippen LogP contribution in [0.1, 0.15) is 43.3 Å². The zero-order valence-electron chi connectivity index (χ0n) is 13.3. The minimum absolute atomic E-state index is 0.134. The second-order valence-electron chi connectivity index (χ2n) is 6.88. The first-order chi connectivity index (χ1) is 9.91. The van der Waals surface area contributed by atoms with Gasteiger partial charge >= 0.3 is 0 Å². The molecule has 2 aromatic rings. The summed E-state index contributed by atoms with van der Waals surface area (Å²) in [4.78, 5) is 0. The first-order valence-corrected chi connectivity index (χ1v) is 7.52. The Hall–Kier alpha value is -1.74. The number of hydrogen-bond acceptors (Lipinski definition) is 2. The van der Waals surface area contributed by atoms with Crippen molar-refractivity contribution < 1.29 is 4.74 Å². The maximum atomic E-state index is 6.40. The molecular weight excluding hydrogens is 260 g/mol. The highest BCUT2D eigenvalue weighted by Crippen LogP contribution is 2.42. The van der Waals surface area contributed by atoms with Crippen LogP contribution in [0.5, 0.6) is 5.75 Å². The van der Waals surface area contributed by atoms with Gasteiger partial charge in [-0.05, 0) is 48.9 Å². The first-order valence-electron chi connectivity index (χ1n) is 7.52. The molecule has 2 N–H and O–H groups in total. The van der Waals surface area contributed by atoms with E-state index in [4.69, 9.17) is 10.5 Å². The topological polar surface area (TPSA) is 40.2 Å². The molecule has 0 fully saturated rings. The summed E-state index contributed by atoms with van der Waals surface area (Å²) >= 11 is 0. The fourth-order valence-electron chi connectivity index (χ4n) is 3.56. The Morgan fingerprint density at radius 2 is 2.05 bits per heavy atom. The lowest BCUT2D eigenvalue weighted by molar-refractivity contribution is 0.278. The quantitative estimate of drug-likeness (QED) is 0.912. The third-order valence-corrected chi connectivity index (χ3v) is 4.45. The Balaban J connectivity index is 2.16. The van der Waals surface area contributed by atoms with Gasteiger partial charge in [0.05, 0.1) is 7.11 Å². The predicted molar refractivity (Wildman–Crippen MR) is 86.1 cm³/mol. The highest BCUT2D eigenvalue weighted by molar-refractivity contribution is 5.47. The lowest BCUT2D eigenvalue weighted by Gasteiger charge is -2.34. The largest absolute Gasteiger partial charge is 0.497 e. The maximum Gasteiger partial charge on any atom is 0.120 e. The molecule has 1 aromatic carbocycles. The van der Waals surface area contributed by atoms with Gasteiger partial charge in [-0.15, -0.1) is 0 Å². The molecule has 1 heterocycles. The van der Waals surface area contributed by atoms with E-state index in [1.54, 1.807) is 7.11 Å². The van der Waals surface area contributed by atoms with Crippen molar-refractivity contribution in [3.8, 4) is 11.4 Å². The van der Waals surface area contributed by atoms with Crippen molar-refractivity contribution >= 4 is 0 Å². The third-order valence-electron chi connectivity index (χ3n) is 4.45. The number of methoxy groups -OCH3 is 1. The number of benzene rings is 1. The van der Waals surface area contributed by atoms with Crippen LogP contribution in [0.3, 0.4) is 0 Å². The molecule has 0 spiro atoms. The number of nitrogens with zero attached hydrogens (tertiary/aromatic N) is 1. The van der Waals surface area contributed by atoms with E-state index in [0.717, 1.165) is 24.3 Å². The molecule has 1 aliphatic carbocycles. The van der Waals surface area contributed by atoms with E-state index in [0.29, 0.717) is 0 Å². The summed E-state index contributed by atoms with van der Waals surface area (Å²) in [5.41, 5.74) is 11.7. The van der Waals surface area contributed by atoms with Crippen molar-refractivity contribution in [2.75, 3.05) is 7.11 Å². The molecule has 1 aromatic heterocycles. The zero-order valence-corrected chi connectivity index (χ0v) is 13.3. The van der Waals surface area contributed by atoms with Gasteiger partial charge in [0.2, 0.25) is 0 Å². The number of hydrogen-bond donors (Lipinski definition) is 1. The van der Waals surface area contributed by atoms with Gasteiger partial charge in [0.1, 0.15) is 5.75 Å². The molecule has 0 radical (unpaired) electrons. The van der Waals surface area contributed by atoms with Gasteiger partial charge in [-0.25, -0.2) is 0 Å². The monoisotopic (exact) mass is 284 g/mol. The van der Waals surface area contributed by atoms with E-state index in [2.05, 4.69) is 43.5 Å². The molecule has 0 bridgehead atoms. The van der Waals surface area contributed by atoms with E-state index in [9.17, 15) is 0 Å². The van der Waals surface area contributed by atoms with Gasteiger partial charge < -0.3 is 15.0 Å². The summed E-state index contributed by atoms with van der Waals surface area (Å²) in [5.74, 6) is 0.883. The number of rotatable bonds is 2. The molecule has 21 heavy (non-hydrogen) atoms. The highest BCUT2D eigenvalue weighted by atomic mass is 16.5. The highest BCUT2D eigenvalue weighted by Gasteiger charge is 2.33. The molecule has 0 saturated heterocycles. The molecule has 3 heteroatoms. The molecular formula is C18H24N2O. The summed E-state index contributed by atoms with van der Waals surface area (Å²) in [6.07, 6.45) is 2.10. The minimum atomic E-state index is 0.134. The average Bonchev–Trinajstić information content (AvgIpc) is 2.74. The van der Waals surface area contributed by atoms with Gasteiger partial charge in [-0.2, -0.15) is 0 Å². The van der Waals surface area contributed by atoms with Gasteiger partial charge in [-0.3, -0.25) is 0 Å². The number of nitrogens with two attached hydrogens (primary N) is 1. The van der Waals surface area contributed by atoms with Crippen LogP contribution in [0.25, 0.3) is 5.69 Å². The van der Waals surface area contributed by atoms with Gasteiger partial charge in [0, 0.05) is 29.2 Å². The van der Waals surface area contributed by atoms with Crippen molar-refractivity contribution in [1.82, 2.24) is 4.57 Å². The number of aryl methyl sites for hydroxylation is 1. The predicted octanol–water partition coefficient (Wildman–Crippen LogP) is 3.77. The van der Waals surface area contributed by atoms with Gasteiger partial charge in [-0.1, -0.05) is 19.9 Å². The van der Waals surface area contributed by atoms with Crippen LogP contribution in [0, 0.1) is 12.3 Å². The van der Waals surface area contributed by atoms with Gasteiger partial charge in [0.15, 0.2) is 0 Å². The molecule has 3 rings (SSSR count). The first kappa shape index (κ1) is 14.2. The Morgan fingerprint density at radius 1 is 1.29 bits per heavy atom. The van der Waals surface area contributed by atoms with Crippen molar-refractivity contribution in [3.05, 3.63) is 47.3 Å². The Morgan fingerprint density at radius 3 is 2.76 bits per heavy atom. The van der Waals surface area contributed by atoms with E-state index >= 15 is 0 Å². The Kier molecular flexibility index (Phi) is 3.33. The van der Waals surface area contributed by atoms with Crippen molar-refractivity contribution in [2.45, 2.75) is 39.7 Å². The molecule has 0 aliphatic heterocycles. The maximum absolute atomic E-state index is 6.40. The van der Waals surface area contributed by atoms with Crippen LogP contribution < -0.4 is 10.5 Å². The normalized spacial score (nSPS) is 20.1. The third kappa shape index (κ3) is 2.46.